The third kappa shape index (κ3) is 4.33. The maximum atomic E-state index is 12.9. The zero-order valence-corrected chi connectivity index (χ0v) is 14.5. The van der Waals surface area contributed by atoms with E-state index < -0.39 is 11.7 Å². The van der Waals surface area contributed by atoms with Gasteiger partial charge in [-0.05, 0) is 36.8 Å². The molecule has 1 aromatic heterocycles. The first-order valence-electron chi connectivity index (χ1n) is 8.44. The molecule has 138 valence electrons. The van der Waals surface area contributed by atoms with Crippen LogP contribution in [-0.2, 0) is 17.4 Å². The molecule has 26 heavy (non-hydrogen) atoms. The van der Waals surface area contributed by atoms with Crippen molar-refractivity contribution in [3.05, 3.63) is 59.4 Å². The first-order valence-corrected chi connectivity index (χ1v) is 8.44. The molecular weight excluding hydrogens is 343 g/mol. The minimum Gasteiger partial charge on any atom is -0.368 e. The van der Waals surface area contributed by atoms with Gasteiger partial charge in [0.15, 0.2) is 0 Å². The summed E-state index contributed by atoms with van der Waals surface area (Å²) in [5, 5.41) is 0. The van der Waals surface area contributed by atoms with Gasteiger partial charge in [-0.3, -0.25) is 9.78 Å². The van der Waals surface area contributed by atoms with E-state index >= 15 is 0 Å². The van der Waals surface area contributed by atoms with Gasteiger partial charge in [0.05, 0.1) is 12.0 Å². The Bertz CT molecular complexity index is 766. The van der Waals surface area contributed by atoms with E-state index in [1.807, 2.05) is 24.0 Å². The minimum absolute atomic E-state index is 0.0133. The van der Waals surface area contributed by atoms with E-state index in [1.54, 1.807) is 17.2 Å². The Morgan fingerprint density at radius 1 is 1.12 bits per heavy atom. The molecule has 7 heteroatoms. The van der Waals surface area contributed by atoms with Gasteiger partial charge >= 0.3 is 6.18 Å². The van der Waals surface area contributed by atoms with E-state index in [2.05, 4.69) is 4.98 Å². The summed E-state index contributed by atoms with van der Waals surface area (Å²) in [4.78, 5) is 20.2. The summed E-state index contributed by atoms with van der Waals surface area (Å²) in [6.07, 6.45) is -2.36. The monoisotopic (exact) mass is 363 g/mol. The van der Waals surface area contributed by atoms with Gasteiger partial charge in [-0.1, -0.05) is 12.1 Å². The molecule has 1 aromatic carbocycles. The van der Waals surface area contributed by atoms with E-state index in [4.69, 9.17) is 0 Å². The molecule has 2 heterocycles. The normalized spacial score (nSPS) is 15.2. The van der Waals surface area contributed by atoms with Crippen LogP contribution in [0.1, 0.15) is 16.8 Å². The molecule has 0 saturated carbocycles. The van der Waals surface area contributed by atoms with Gasteiger partial charge in [0.25, 0.3) is 0 Å². The first kappa shape index (κ1) is 18.2. The Morgan fingerprint density at radius 3 is 2.46 bits per heavy atom. The fraction of sp³-hybridized carbons (Fsp3) is 0.368. The Labute approximate surface area is 150 Å². The van der Waals surface area contributed by atoms with Crippen molar-refractivity contribution in [2.75, 3.05) is 31.1 Å². The fourth-order valence-electron chi connectivity index (χ4n) is 2.98. The van der Waals surface area contributed by atoms with E-state index in [1.165, 1.54) is 6.07 Å². The van der Waals surface area contributed by atoms with E-state index in [-0.39, 0.29) is 12.3 Å². The van der Waals surface area contributed by atoms with Gasteiger partial charge in [-0.25, -0.2) is 0 Å². The van der Waals surface area contributed by atoms with Gasteiger partial charge in [0.2, 0.25) is 5.91 Å². The average molecular weight is 363 g/mol. The largest absolute Gasteiger partial charge is 0.416 e. The van der Waals surface area contributed by atoms with E-state index in [0.29, 0.717) is 31.9 Å². The minimum atomic E-state index is -4.35. The number of alkyl halides is 3. The highest BCUT2D eigenvalue weighted by Crippen LogP contribution is 2.31. The van der Waals surface area contributed by atoms with Crippen molar-refractivity contribution in [2.24, 2.45) is 0 Å². The number of carbonyl (C=O) groups excluding carboxylic acids is 1. The number of amides is 1. The van der Waals surface area contributed by atoms with Crippen LogP contribution >= 0.6 is 0 Å². The van der Waals surface area contributed by atoms with Crippen molar-refractivity contribution in [1.82, 2.24) is 9.88 Å². The zero-order valence-electron chi connectivity index (χ0n) is 14.5. The Kier molecular flexibility index (Phi) is 5.15. The number of piperazine rings is 1. The Hall–Kier alpha value is -2.57. The predicted molar refractivity (Wildman–Crippen MR) is 92.9 cm³/mol. The number of pyridine rings is 1. The van der Waals surface area contributed by atoms with E-state index in [0.717, 1.165) is 23.4 Å². The lowest BCUT2D eigenvalue weighted by molar-refractivity contribution is -0.137. The maximum Gasteiger partial charge on any atom is 0.416 e. The van der Waals surface area contributed by atoms with Crippen molar-refractivity contribution < 1.29 is 18.0 Å². The van der Waals surface area contributed by atoms with Crippen LogP contribution in [0.4, 0.5) is 18.9 Å². The van der Waals surface area contributed by atoms with Crippen LogP contribution in [0.15, 0.2) is 42.6 Å². The fourth-order valence-corrected chi connectivity index (χ4v) is 2.98. The highest BCUT2D eigenvalue weighted by Gasteiger charge is 2.31. The molecule has 0 aliphatic carbocycles. The average Bonchev–Trinajstić information content (AvgIpc) is 2.63. The van der Waals surface area contributed by atoms with Crippen LogP contribution in [0.3, 0.4) is 0 Å². The van der Waals surface area contributed by atoms with Gasteiger partial charge in [0, 0.05) is 43.8 Å². The summed E-state index contributed by atoms with van der Waals surface area (Å²) in [7, 11) is 0. The summed E-state index contributed by atoms with van der Waals surface area (Å²) in [5.41, 5.74) is 1.65. The number of carbonyl (C=O) groups is 1. The van der Waals surface area contributed by atoms with Crippen molar-refractivity contribution in [3.63, 3.8) is 0 Å². The second-order valence-corrected chi connectivity index (χ2v) is 6.40. The Balaban J connectivity index is 1.59. The lowest BCUT2D eigenvalue weighted by atomic mass is 10.1. The summed E-state index contributed by atoms with van der Waals surface area (Å²) >= 11 is 0. The molecule has 1 aliphatic heterocycles. The van der Waals surface area contributed by atoms with Crippen LogP contribution < -0.4 is 4.90 Å². The van der Waals surface area contributed by atoms with Crippen molar-refractivity contribution in [1.29, 1.82) is 0 Å². The summed E-state index contributed by atoms with van der Waals surface area (Å²) < 4.78 is 38.6. The molecule has 4 nitrogen and oxygen atoms in total. The maximum absolute atomic E-state index is 12.9. The number of halogens is 3. The van der Waals surface area contributed by atoms with Gasteiger partial charge in [0.1, 0.15) is 0 Å². The van der Waals surface area contributed by atoms with Crippen molar-refractivity contribution >= 4 is 11.6 Å². The lowest BCUT2D eigenvalue weighted by Gasteiger charge is -2.36. The number of aryl methyl sites for hydroxylation is 1. The first-order chi connectivity index (χ1) is 12.3. The molecule has 2 aromatic rings. The SMILES string of the molecule is Cc1ccc(CC(=O)N2CCN(c3cccc(C(F)(F)F)c3)CC2)cn1. The van der Waals surface area contributed by atoms with Crippen molar-refractivity contribution in [2.45, 2.75) is 19.5 Å². The predicted octanol–water partition coefficient (Wildman–Crippen LogP) is 3.30. The number of hydrogen-bond acceptors (Lipinski definition) is 3. The van der Waals surface area contributed by atoms with Crippen molar-refractivity contribution in [3.8, 4) is 0 Å². The second kappa shape index (κ2) is 7.35. The zero-order chi connectivity index (χ0) is 18.7. The molecule has 0 bridgehead atoms. The molecule has 1 saturated heterocycles. The van der Waals surface area contributed by atoms with Gasteiger partial charge < -0.3 is 9.80 Å². The number of benzene rings is 1. The van der Waals surface area contributed by atoms with Crippen LogP contribution in [-0.4, -0.2) is 42.0 Å². The quantitative estimate of drug-likeness (QED) is 0.840. The highest BCUT2D eigenvalue weighted by atomic mass is 19.4. The molecule has 3 rings (SSSR count). The summed E-state index contributed by atoms with van der Waals surface area (Å²) in [6.45, 7) is 3.90. The third-order valence-corrected chi connectivity index (χ3v) is 4.50. The molecule has 0 N–H and O–H groups in total. The van der Waals surface area contributed by atoms with Gasteiger partial charge in [-0.15, -0.1) is 0 Å². The number of hydrogen-bond donors (Lipinski definition) is 0. The topological polar surface area (TPSA) is 36.4 Å². The molecular formula is C19H20F3N3O. The molecule has 0 spiro atoms. The summed E-state index contributed by atoms with van der Waals surface area (Å²) in [6, 6.07) is 9.08. The second-order valence-electron chi connectivity index (χ2n) is 6.40. The van der Waals surface area contributed by atoms with Crippen LogP contribution in [0.25, 0.3) is 0 Å². The Morgan fingerprint density at radius 2 is 1.85 bits per heavy atom. The number of aromatic nitrogens is 1. The third-order valence-electron chi connectivity index (χ3n) is 4.50. The van der Waals surface area contributed by atoms with E-state index in [9.17, 15) is 18.0 Å². The molecule has 0 unspecified atom stereocenters. The molecule has 0 radical (unpaired) electrons. The molecule has 0 atom stereocenters. The standard InChI is InChI=1S/C19H20F3N3O/c1-14-5-6-15(13-23-14)11-18(26)25-9-7-24(8-10-25)17-4-2-3-16(12-17)19(20,21)22/h2-6,12-13H,7-11H2,1H3. The number of rotatable bonds is 3. The number of nitrogens with zero attached hydrogens (tertiary/aromatic N) is 3. The molecule has 1 amide bonds. The van der Waals surface area contributed by atoms with Crippen LogP contribution in [0.2, 0.25) is 0 Å². The van der Waals surface area contributed by atoms with Crippen LogP contribution in [0.5, 0.6) is 0 Å². The smallest absolute Gasteiger partial charge is 0.368 e. The highest BCUT2D eigenvalue weighted by molar-refractivity contribution is 5.79. The van der Waals surface area contributed by atoms with Gasteiger partial charge in [-0.2, -0.15) is 13.2 Å². The summed E-state index contributed by atoms with van der Waals surface area (Å²) in [5.74, 6) is 0.0133. The molecule has 1 aliphatic rings. The molecule has 1 fully saturated rings. The van der Waals surface area contributed by atoms with Crippen LogP contribution in [0, 0.1) is 6.92 Å². The lowest BCUT2D eigenvalue weighted by Crippen LogP contribution is -2.49. The number of anilines is 1.